The van der Waals surface area contributed by atoms with E-state index in [4.69, 9.17) is 0 Å². The van der Waals surface area contributed by atoms with Crippen molar-refractivity contribution in [3.8, 4) is 5.75 Å². The molecule has 0 unspecified atom stereocenters. The van der Waals surface area contributed by atoms with E-state index in [1.165, 1.54) is 17.0 Å². The summed E-state index contributed by atoms with van der Waals surface area (Å²) in [6, 6.07) is 13.8. The molecule has 4 rings (SSSR count). The Hall–Kier alpha value is -3.29. The summed E-state index contributed by atoms with van der Waals surface area (Å²) in [6.45, 7) is 3.82. The fourth-order valence-corrected chi connectivity index (χ4v) is 5.84. The molecule has 0 saturated carbocycles. The minimum absolute atomic E-state index is 0.182. The van der Waals surface area contributed by atoms with Crippen molar-refractivity contribution < 1.29 is 29.3 Å². The van der Waals surface area contributed by atoms with E-state index in [0.717, 1.165) is 16.7 Å². The van der Waals surface area contributed by atoms with Crippen LogP contribution in [0.25, 0.3) is 11.6 Å². The molecule has 0 spiro atoms. The van der Waals surface area contributed by atoms with E-state index >= 15 is 0 Å². The lowest BCUT2D eigenvalue weighted by Crippen LogP contribution is -2.38. The third-order valence-corrected chi connectivity index (χ3v) is 7.57. The maximum absolute atomic E-state index is 14.0. The van der Waals surface area contributed by atoms with Crippen molar-refractivity contribution in [1.29, 1.82) is 0 Å². The standard InChI is InChI=1S/C30H34FNO5/c1-3-13-32-29(36)22-14-18(2)27(23(17-33)28(22)30(32)37)26(35)12-10-21(20-7-5-4-6-8-20)15-19-9-11-25(34)24(31)16-19/h4-9,11,15-16,22-23,26,28,33-35H,3,10,12-14,17H2,1-2H3/b21-15-/t22-,23+,26-,28-/m1/s1. The zero-order valence-corrected chi connectivity index (χ0v) is 21.2. The van der Waals surface area contributed by atoms with Crippen LogP contribution in [0.15, 0.2) is 59.7 Å². The summed E-state index contributed by atoms with van der Waals surface area (Å²) in [4.78, 5) is 27.3. The number of rotatable bonds is 9. The summed E-state index contributed by atoms with van der Waals surface area (Å²) in [7, 11) is 0. The molecule has 2 amide bonds. The Balaban J connectivity index is 1.59. The molecule has 0 radical (unpaired) electrons. The Kier molecular flexibility index (Phi) is 8.25. The number of fused-ring (bicyclic) bond motifs is 1. The van der Waals surface area contributed by atoms with Crippen LogP contribution in [-0.2, 0) is 9.59 Å². The number of hydrogen-bond acceptors (Lipinski definition) is 5. The first-order valence-corrected chi connectivity index (χ1v) is 12.8. The maximum Gasteiger partial charge on any atom is 0.233 e. The van der Waals surface area contributed by atoms with Crippen molar-refractivity contribution in [2.45, 2.75) is 45.6 Å². The summed E-state index contributed by atoms with van der Waals surface area (Å²) < 4.78 is 14.0. The average Bonchev–Trinajstić information content (AvgIpc) is 3.12. The van der Waals surface area contributed by atoms with Gasteiger partial charge in [0.15, 0.2) is 11.6 Å². The lowest BCUT2D eigenvalue weighted by atomic mass is 9.68. The predicted octanol–water partition coefficient (Wildman–Crippen LogP) is 4.55. The van der Waals surface area contributed by atoms with Gasteiger partial charge in [0.2, 0.25) is 11.8 Å². The number of aromatic hydroxyl groups is 1. The summed E-state index contributed by atoms with van der Waals surface area (Å²) in [5, 5.41) is 31.2. The van der Waals surface area contributed by atoms with Crippen LogP contribution in [0.5, 0.6) is 5.75 Å². The lowest BCUT2D eigenvalue weighted by molar-refractivity contribution is -0.140. The molecular formula is C30H34FNO5. The first-order valence-electron chi connectivity index (χ1n) is 12.8. The summed E-state index contributed by atoms with van der Waals surface area (Å²) in [5.74, 6) is -3.32. The highest BCUT2D eigenvalue weighted by Crippen LogP contribution is 2.46. The molecule has 7 heteroatoms. The zero-order valence-electron chi connectivity index (χ0n) is 21.2. The molecule has 1 saturated heterocycles. The SMILES string of the molecule is CCCN1C(=O)[C@@H]2[C@@H](CC(C)=C([C@H](O)CC/C(=C/c3ccc(O)c(F)c3)c3ccccc3)[C@@H]2CO)C1=O. The predicted molar refractivity (Wildman–Crippen MR) is 140 cm³/mol. The quantitative estimate of drug-likeness (QED) is 0.263. The second kappa shape index (κ2) is 11.4. The molecule has 37 heavy (non-hydrogen) atoms. The van der Waals surface area contributed by atoms with Crippen LogP contribution in [0.2, 0.25) is 0 Å². The number of benzene rings is 2. The van der Waals surface area contributed by atoms with Crippen LogP contribution in [0.4, 0.5) is 4.39 Å². The minimum atomic E-state index is -0.912. The van der Waals surface area contributed by atoms with Crippen LogP contribution in [0.1, 0.15) is 50.7 Å². The highest BCUT2D eigenvalue weighted by molar-refractivity contribution is 6.05. The number of likely N-dealkylation sites (tertiary alicyclic amines) is 1. The summed E-state index contributed by atoms with van der Waals surface area (Å²) >= 11 is 0. The minimum Gasteiger partial charge on any atom is -0.505 e. The monoisotopic (exact) mass is 507 g/mol. The Bertz CT molecular complexity index is 1220. The number of hydrogen-bond donors (Lipinski definition) is 3. The van der Waals surface area contributed by atoms with Crippen molar-refractivity contribution >= 4 is 23.5 Å². The molecule has 1 heterocycles. The Morgan fingerprint density at radius 1 is 1.16 bits per heavy atom. The molecule has 6 nitrogen and oxygen atoms in total. The fraction of sp³-hybridized carbons (Fsp3) is 0.400. The van der Waals surface area contributed by atoms with Crippen molar-refractivity contribution in [3.63, 3.8) is 0 Å². The van der Waals surface area contributed by atoms with Gasteiger partial charge < -0.3 is 15.3 Å². The fourth-order valence-electron chi connectivity index (χ4n) is 5.84. The van der Waals surface area contributed by atoms with E-state index in [1.807, 2.05) is 50.3 Å². The van der Waals surface area contributed by atoms with E-state index in [1.54, 1.807) is 6.07 Å². The van der Waals surface area contributed by atoms with Crippen molar-refractivity contribution in [3.05, 3.63) is 76.6 Å². The Morgan fingerprint density at radius 3 is 2.54 bits per heavy atom. The third kappa shape index (κ3) is 5.38. The van der Waals surface area contributed by atoms with E-state index in [9.17, 15) is 29.3 Å². The number of aliphatic hydroxyl groups is 2. The average molecular weight is 508 g/mol. The van der Waals surface area contributed by atoms with Gasteiger partial charge in [-0.3, -0.25) is 14.5 Å². The number of aliphatic hydroxyl groups excluding tert-OH is 2. The molecule has 2 aromatic rings. The van der Waals surface area contributed by atoms with Gasteiger partial charge in [0, 0.05) is 12.5 Å². The van der Waals surface area contributed by atoms with E-state index in [2.05, 4.69) is 0 Å². The third-order valence-electron chi connectivity index (χ3n) is 7.57. The highest BCUT2D eigenvalue weighted by atomic mass is 19.1. The molecule has 2 aromatic carbocycles. The normalized spacial score (nSPS) is 23.0. The van der Waals surface area contributed by atoms with Gasteiger partial charge in [-0.25, -0.2) is 4.39 Å². The van der Waals surface area contributed by atoms with Crippen LogP contribution < -0.4 is 0 Å². The van der Waals surface area contributed by atoms with Crippen molar-refractivity contribution in [2.75, 3.05) is 13.2 Å². The van der Waals surface area contributed by atoms with Crippen LogP contribution in [0.3, 0.4) is 0 Å². The molecule has 1 aliphatic carbocycles. The number of amides is 2. The molecule has 3 N–H and O–H groups in total. The smallest absolute Gasteiger partial charge is 0.233 e. The molecule has 2 aliphatic rings. The van der Waals surface area contributed by atoms with Gasteiger partial charge in [0.05, 0.1) is 24.5 Å². The largest absolute Gasteiger partial charge is 0.505 e. The molecule has 196 valence electrons. The van der Waals surface area contributed by atoms with Crippen LogP contribution >= 0.6 is 0 Å². The molecule has 1 aliphatic heterocycles. The number of halogens is 1. The van der Waals surface area contributed by atoms with Gasteiger partial charge in [-0.1, -0.05) is 55.0 Å². The zero-order chi connectivity index (χ0) is 26.7. The number of carbonyl (C=O) groups excluding carboxylic acids is 2. The number of nitrogens with zero attached hydrogens (tertiary/aromatic N) is 1. The number of allylic oxidation sites excluding steroid dienone is 2. The van der Waals surface area contributed by atoms with Gasteiger partial charge in [-0.15, -0.1) is 0 Å². The first kappa shape index (κ1) is 26.8. The number of imide groups is 1. The maximum atomic E-state index is 14.0. The number of phenols is 1. The van der Waals surface area contributed by atoms with Gasteiger partial charge in [0.25, 0.3) is 0 Å². The van der Waals surface area contributed by atoms with Gasteiger partial charge in [0.1, 0.15) is 0 Å². The van der Waals surface area contributed by atoms with Gasteiger partial charge >= 0.3 is 0 Å². The van der Waals surface area contributed by atoms with Gasteiger partial charge in [-0.05, 0) is 67.0 Å². The lowest BCUT2D eigenvalue weighted by Gasteiger charge is -2.35. The van der Waals surface area contributed by atoms with E-state index in [-0.39, 0.29) is 18.4 Å². The van der Waals surface area contributed by atoms with Crippen LogP contribution in [-0.4, -0.2) is 51.3 Å². The summed E-state index contributed by atoms with van der Waals surface area (Å²) in [5.41, 5.74) is 3.87. The van der Waals surface area contributed by atoms with Crippen molar-refractivity contribution in [1.82, 2.24) is 4.90 Å². The highest BCUT2D eigenvalue weighted by Gasteiger charge is 2.54. The van der Waals surface area contributed by atoms with E-state index < -0.39 is 35.4 Å². The molecule has 0 aromatic heterocycles. The van der Waals surface area contributed by atoms with Crippen molar-refractivity contribution in [2.24, 2.45) is 17.8 Å². The number of phenolic OH excluding ortho intramolecular Hbond substituents is 1. The summed E-state index contributed by atoms with van der Waals surface area (Å²) in [6.07, 6.45) is 2.75. The molecular weight excluding hydrogens is 473 g/mol. The molecule has 0 bridgehead atoms. The van der Waals surface area contributed by atoms with E-state index in [0.29, 0.717) is 43.4 Å². The van der Waals surface area contributed by atoms with Gasteiger partial charge in [-0.2, -0.15) is 0 Å². The Labute approximate surface area is 216 Å². The van der Waals surface area contributed by atoms with Crippen LogP contribution in [0, 0.1) is 23.6 Å². The Morgan fingerprint density at radius 2 is 1.89 bits per heavy atom. The second-order valence-electron chi connectivity index (χ2n) is 9.99. The number of carbonyl (C=O) groups is 2. The molecule has 1 fully saturated rings. The second-order valence-corrected chi connectivity index (χ2v) is 9.99. The first-order chi connectivity index (χ1) is 17.8. The molecule has 4 atom stereocenters. The topological polar surface area (TPSA) is 98.1 Å².